The van der Waals surface area contributed by atoms with Crippen molar-refractivity contribution in [2.75, 3.05) is 36.9 Å². The summed E-state index contributed by atoms with van der Waals surface area (Å²) in [7, 11) is 0. The number of ether oxygens (including phenoxy) is 1. The number of allylic oxidation sites excluding steroid dienone is 1. The summed E-state index contributed by atoms with van der Waals surface area (Å²) in [6.07, 6.45) is 4.62. The van der Waals surface area contributed by atoms with Crippen molar-refractivity contribution in [3.05, 3.63) is 35.4 Å². The third-order valence-corrected chi connectivity index (χ3v) is 5.50. The number of rotatable bonds is 12. The van der Waals surface area contributed by atoms with Crippen LogP contribution in [0.4, 0.5) is 11.4 Å². The van der Waals surface area contributed by atoms with Crippen LogP contribution in [0.3, 0.4) is 0 Å². The molecular weight excluding hydrogens is 425 g/mol. The van der Waals surface area contributed by atoms with Crippen LogP contribution in [0.15, 0.2) is 30.4 Å². The van der Waals surface area contributed by atoms with Gasteiger partial charge in [-0.3, -0.25) is 9.59 Å². The molecule has 2 N–H and O–H groups in total. The fourth-order valence-corrected chi connectivity index (χ4v) is 3.48. The molecule has 0 radical (unpaired) electrons. The van der Waals surface area contributed by atoms with Crippen molar-refractivity contribution in [2.24, 2.45) is 0 Å². The highest BCUT2D eigenvalue weighted by atomic mass is 35.5. The van der Waals surface area contributed by atoms with Gasteiger partial charge in [0.05, 0.1) is 23.4 Å². The van der Waals surface area contributed by atoms with Crippen LogP contribution < -0.4 is 10.6 Å². The normalized spacial score (nSPS) is 13.1. The Bertz CT molecular complexity index is 728. The zero-order valence-corrected chi connectivity index (χ0v) is 19.7. The molecule has 0 fully saturated rings. The Morgan fingerprint density at radius 3 is 2.50 bits per heavy atom. The Kier molecular flexibility index (Phi) is 11.7. The number of amides is 1. The van der Waals surface area contributed by atoms with Crippen LogP contribution in [0, 0.1) is 0 Å². The van der Waals surface area contributed by atoms with E-state index in [4.69, 9.17) is 33.7 Å². The first-order valence-electron chi connectivity index (χ1n) is 10.3. The van der Waals surface area contributed by atoms with Crippen molar-refractivity contribution in [3.63, 3.8) is 0 Å². The molecule has 0 spiro atoms. The molecule has 1 rings (SSSR count). The number of alkyl halides is 1. The van der Waals surface area contributed by atoms with Crippen molar-refractivity contribution < 1.29 is 14.3 Å². The molecule has 1 unspecified atom stereocenters. The van der Waals surface area contributed by atoms with Crippen LogP contribution in [0.25, 0.3) is 0 Å². The van der Waals surface area contributed by atoms with E-state index < -0.39 is 5.97 Å². The quantitative estimate of drug-likeness (QED) is 0.164. The molecule has 1 aromatic carbocycles. The second kappa shape index (κ2) is 13.4. The summed E-state index contributed by atoms with van der Waals surface area (Å²) < 4.78 is 4.89. The van der Waals surface area contributed by atoms with Crippen molar-refractivity contribution >= 4 is 46.5 Å². The number of hydrogen-bond donors (Lipinski definition) is 1. The number of hydrogen-bond acceptors (Lipinski definition) is 5. The lowest BCUT2D eigenvalue weighted by atomic mass is 10.1. The number of halogens is 2. The van der Waals surface area contributed by atoms with E-state index in [0.717, 1.165) is 12.1 Å². The van der Waals surface area contributed by atoms with Gasteiger partial charge in [0.25, 0.3) is 0 Å². The maximum atomic E-state index is 12.5. The summed E-state index contributed by atoms with van der Waals surface area (Å²) in [5.74, 6) is -0.778. The molecular formula is C22H33Cl2N3O3. The highest BCUT2D eigenvalue weighted by molar-refractivity contribution is 6.31. The minimum Gasteiger partial charge on any atom is -0.466 e. The van der Waals surface area contributed by atoms with Gasteiger partial charge in [0.15, 0.2) is 0 Å². The Labute approximate surface area is 189 Å². The van der Waals surface area contributed by atoms with Gasteiger partial charge in [0.1, 0.15) is 6.42 Å². The van der Waals surface area contributed by atoms with Gasteiger partial charge < -0.3 is 20.3 Å². The van der Waals surface area contributed by atoms with Gasteiger partial charge in [-0.2, -0.15) is 0 Å². The third-order valence-electron chi connectivity index (χ3n) is 4.75. The smallest absolute Gasteiger partial charge is 0.315 e. The molecule has 0 aliphatic carbocycles. The van der Waals surface area contributed by atoms with Gasteiger partial charge >= 0.3 is 5.97 Å². The Morgan fingerprint density at radius 2 is 1.93 bits per heavy atom. The number of nitrogens with zero attached hydrogens (tertiary/aromatic N) is 2. The van der Waals surface area contributed by atoms with Crippen molar-refractivity contribution in [2.45, 2.75) is 52.0 Å². The third kappa shape index (κ3) is 8.07. The summed E-state index contributed by atoms with van der Waals surface area (Å²) >= 11 is 12.7. The number of carbonyl (C=O) groups is 2. The molecule has 0 saturated heterocycles. The van der Waals surface area contributed by atoms with Gasteiger partial charge in [-0.15, -0.1) is 11.6 Å². The van der Waals surface area contributed by atoms with E-state index in [-0.39, 0.29) is 30.4 Å². The molecule has 0 saturated carbocycles. The second-order valence-corrected chi connectivity index (χ2v) is 7.81. The Morgan fingerprint density at radius 1 is 1.23 bits per heavy atom. The Hall–Kier alpha value is -1.92. The SMILES string of the molecule is CC/C=C\[C@H](Cl)C(C)N(CCN(CC)C(=O)CC(=O)OCC)c1ccc(Cl)cc1N. The standard InChI is InChI=1S/C22H33Cl2N3O3/c1-5-8-9-18(24)16(4)27(20-11-10-17(23)14-19(20)25)13-12-26(6-2)21(28)15-22(29)30-7-3/h8-11,14,16,18H,5-7,12-13,15,25H2,1-4H3/b9-8-/t16?,18-/m0/s1. The van der Waals surface area contributed by atoms with E-state index >= 15 is 0 Å². The lowest BCUT2D eigenvalue weighted by Gasteiger charge is -2.36. The summed E-state index contributed by atoms with van der Waals surface area (Å²) in [6.45, 7) is 9.31. The molecule has 1 aromatic rings. The van der Waals surface area contributed by atoms with Crippen LogP contribution in [-0.4, -0.2) is 54.4 Å². The fourth-order valence-electron chi connectivity index (χ4n) is 3.06. The van der Waals surface area contributed by atoms with Gasteiger partial charge in [0.2, 0.25) is 5.91 Å². The highest BCUT2D eigenvalue weighted by Crippen LogP contribution is 2.30. The van der Waals surface area contributed by atoms with Crippen LogP contribution in [0.2, 0.25) is 5.02 Å². The van der Waals surface area contributed by atoms with E-state index in [1.54, 1.807) is 24.0 Å². The maximum absolute atomic E-state index is 12.5. The molecule has 0 heterocycles. The molecule has 0 bridgehead atoms. The van der Waals surface area contributed by atoms with Crippen LogP contribution in [-0.2, 0) is 14.3 Å². The first-order chi connectivity index (χ1) is 14.2. The molecule has 6 nitrogen and oxygen atoms in total. The molecule has 168 valence electrons. The molecule has 0 aliphatic rings. The fraction of sp³-hybridized carbons (Fsp3) is 0.545. The number of carbonyl (C=O) groups excluding carboxylic acids is 2. The topological polar surface area (TPSA) is 75.9 Å². The van der Waals surface area contributed by atoms with E-state index in [9.17, 15) is 9.59 Å². The summed E-state index contributed by atoms with van der Waals surface area (Å²) in [6, 6.07) is 5.25. The Balaban J connectivity index is 3.03. The van der Waals surface area contributed by atoms with Crippen LogP contribution in [0.5, 0.6) is 0 Å². The number of nitrogen functional groups attached to an aromatic ring is 1. The van der Waals surface area contributed by atoms with Gasteiger partial charge in [-0.25, -0.2) is 0 Å². The van der Waals surface area contributed by atoms with Gasteiger partial charge in [-0.05, 0) is 45.4 Å². The van der Waals surface area contributed by atoms with Crippen LogP contribution in [0.1, 0.15) is 40.5 Å². The summed E-state index contributed by atoms with van der Waals surface area (Å²) in [4.78, 5) is 27.9. The second-order valence-electron chi connectivity index (χ2n) is 6.87. The number of likely N-dealkylation sites (N-methyl/N-ethyl adjacent to an activating group) is 1. The largest absolute Gasteiger partial charge is 0.466 e. The predicted octanol–water partition coefficient (Wildman–Crippen LogP) is 4.49. The number of nitrogens with two attached hydrogens (primary N) is 1. The average molecular weight is 458 g/mol. The number of anilines is 2. The molecule has 2 atom stereocenters. The lowest BCUT2D eigenvalue weighted by molar-refractivity contribution is -0.148. The average Bonchev–Trinajstić information content (AvgIpc) is 2.69. The molecule has 1 amide bonds. The number of esters is 1. The van der Waals surface area contributed by atoms with Crippen molar-refractivity contribution in [1.82, 2.24) is 4.90 Å². The lowest BCUT2D eigenvalue weighted by Crippen LogP contribution is -2.45. The van der Waals surface area contributed by atoms with E-state index in [1.807, 2.05) is 39.0 Å². The summed E-state index contributed by atoms with van der Waals surface area (Å²) in [5.41, 5.74) is 7.57. The van der Waals surface area contributed by atoms with Gasteiger partial charge in [0, 0.05) is 30.7 Å². The molecule has 8 heteroatoms. The first kappa shape index (κ1) is 26.1. The zero-order chi connectivity index (χ0) is 22.7. The van der Waals surface area contributed by atoms with Crippen LogP contribution >= 0.6 is 23.2 Å². The highest BCUT2D eigenvalue weighted by Gasteiger charge is 2.24. The first-order valence-corrected chi connectivity index (χ1v) is 11.1. The minimum absolute atomic E-state index is 0.0863. The zero-order valence-electron chi connectivity index (χ0n) is 18.2. The molecule has 0 aromatic heterocycles. The van der Waals surface area contributed by atoms with Crippen molar-refractivity contribution in [3.8, 4) is 0 Å². The van der Waals surface area contributed by atoms with E-state index in [1.165, 1.54) is 0 Å². The van der Waals surface area contributed by atoms with E-state index in [0.29, 0.717) is 30.3 Å². The van der Waals surface area contributed by atoms with Gasteiger partial charge in [-0.1, -0.05) is 30.7 Å². The number of benzene rings is 1. The monoisotopic (exact) mass is 457 g/mol. The minimum atomic E-state index is -0.515. The molecule has 30 heavy (non-hydrogen) atoms. The molecule has 0 aliphatic heterocycles. The maximum Gasteiger partial charge on any atom is 0.315 e. The van der Waals surface area contributed by atoms with E-state index in [2.05, 4.69) is 4.90 Å². The predicted molar refractivity (Wildman–Crippen MR) is 125 cm³/mol. The van der Waals surface area contributed by atoms with Crippen molar-refractivity contribution in [1.29, 1.82) is 0 Å². The summed E-state index contributed by atoms with van der Waals surface area (Å²) in [5, 5.41) is 0.308.